The van der Waals surface area contributed by atoms with Crippen LogP contribution in [0.5, 0.6) is 5.75 Å². The third kappa shape index (κ3) is 3.27. The Morgan fingerprint density at radius 1 is 1.44 bits per heavy atom. The summed E-state index contributed by atoms with van der Waals surface area (Å²) in [5.74, 6) is 0.258. The maximum atomic E-state index is 11.3. The molecule has 1 aromatic carbocycles. The standard InChI is InChI=1S/C10H12Cl2N2O2/c1-16-9-5-6(11)8(4-7(9)12)14-10(15)2-3-13/h4-5H,2-3,13H2,1H3,(H,14,15). The molecule has 0 aliphatic carbocycles. The van der Waals surface area contributed by atoms with Crippen LogP contribution in [0.15, 0.2) is 12.1 Å². The first-order valence-electron chi connectivity index (χ1n) is 4.61. The highest BCUT2D eigenvalue weighted by Crippen LogP contribution is 2.33. The molecule has 1 amide bonds. The smallest absolute Gasteiger partial charge is 0.225 e. The van der Waals surface area contributed by atoms with Gasteiger partial charge in [0.05, 0.1) is 22.8 Å². The maximum absolute atomic E-state index is 11.3. The normalized spacial score (nSPS) is 10.0. The third-order valence-electron chi connectivity index (χ3n) is 1.89. The first kappa shape index (κ1) is 13.1. The van der Waals surface area contributed by atoms with Crippen molar-refractivity contribution in [3.05, 3.63) is 22.2 Å². The molecule has 1 aromatic rings. The molecule has 0 spiro atoms. The molecule has 0 aliphatic rings. The van der Waals surface area contributed by atoms with Gasteiger partial charge in [-0.05, 0) is 6.07 Å². The molecule has 88 valence electrons. The van der Waals surface area contributed by atoms with Gasteiger partial charge in [-0.3, -0.25) is 4.79 Å². The molecule has 4 nitrogen and oxygen atoms in total. The van der Waals surface area contributed by atoms with Gasteiger partial charge < -0.3 is 15.8 Å². The summed E-state index contributed by atoms with van der Waals surface area (Å²) >= 11 is 11.8. The minimum Gasteiger partial charge on any atom is -0.495 e. The predicted octanol–water partition coefficient (Wildman–Crippen LogP) is 2.29. The number of halogens is 2. The Morgan fingerprint density at radius 2 is 2.12 bits per heavy atom. The zero-order valence-electron chi connectivity index (χ0n) is 8.72. The van der Waals surface area contributed by atoms with E-state index < -0.39 is 0 Å². The minimum absolute atomic E-state index is 0.203. The third-order valence-corrected chi connectivity index (χ3v) is 2.50. The first-order valence-corrected chi connectivity index (χ1v) is 5.37. The number of hydrogen-bond donors (Lipinski definition) is 2. The molecule has 16 heavy (non-hydrogen) atoms. The van der Waals surface area contributed by atoms with Crippen LogP contribution in [0.25, 0.3) is 0 Å². The Hall–Kier alpha value is -0.970. The van der Waals surface area contributed by atoms with E-state index in [1.54, 1.807) is 6.07 Å². The van der Waals surface area contributed by atoms with Crippen LogP contribution < -0.4 is 15.8 Å². The molecule has 1 rings (SSSR count). The number of nitrogens with one attached hydrogen (secondary N) is 1. The SMILES string of the molecule is COc1cc(Cl)c(NC(=O)CCN)cc1Cl. The van der Waals surface area contributed by atoms with Gasteiger partial charge in [0.15, 0.2) is 0 Å². The molecule has 0 bridgehead atoms. The number of anilines is 1. The second-order valence-corrected chi connectivity index (χ2v) is 3.87. The average Bonchev–Trinajstić information content (AvgIpc) is 2.23. The van der Waals surface area contributed by atoms with E-state index in [-0.39, 0.29) is 18.9 Å². The number of methoxy groups -OCH3 is 1. The van der Waals surface area contributed by atoms with Crippen molar-refractivity contribution in [1.29, 1.82) is 0 Å². The molecule has 0 aromatic heterocycles. The Morgan fingerprint density at radius 3 is 2.69 bits per heavy atom. The van der Waals surface area contributed by atoms with E-state index in [1.165, 1.54) is 13.2 Å². The first-order chi connectivity index (χ1) is 7.58. The summed E-state index contributed by atoms with van der Waals surface area (Å²) in [6.07, 6.45) is 0.236. The van der Waals surface area contributed by atoms with Gasteiger partial charge in [0.25, 0.3) is 0 Å². The summed E-state index contributed by atoms with van der Waals surface area (Å²) in [5, 5.41) is 3.36. The number of benzene rings is 1. The minimum atomic E-state index is -0.203. The highest BCUT2D eigenvalue weighted by atomic mass is 35.5. The van der Waals surface area contributed by atoms with Gasteiger partial charge in [-0.25, -0.2) is 0 Å². The number of carbonyl (C=O) groups is 1. The van der Waals surface area contributed by atoms with Crippen LogP contribution in [-0.2, 0) is 4.79 Å². The van der Waals surface area contributed by atoms with Gasteiger partial charge in [0.1, 0.15) is 5.75 Å². The van der Waals surface area contributed by atoms with Gasteiger partial charge in [0, 0.05) is 19.0 Å². The van der Waals surface area contributed by atoms with E-state index in [9.17, 15) is 4.79 Å². The van der Waals surface area contributed by atoms with E-state index in [0.29, 0.717) is 21.5 Å². The van der Waals surface area contributed by atoms with E-state index in [1.807, 2.05) is 0 Å². The number of amides is 1. The van der Waals surface area contributed by atoms with Crippen LogP contribution >= 0.6 is 23.2 Å². The van der Waals surface area contributed by atoms with Crippen molar-refractivity contribution in [3.63, 3.8) is 0 Å². The van der Waals surface area contributed by atoms with E-state index in [0.717, 1.165) is 0 Å². The molecule has 0 aliphatic heterocycles. The molecule has 6 heteroatoms. The summed E-state index contributed by atoms with van der Waals surface area (Å²) in [6.45, 7) is 0.285. The summed E-state index contributed by atoms with van der Waals surface area (Å²) in [6, 6.07) is 3.08. The Labute approximate surface area is 104 Å². The molecule has 0 radical (unpaired) electrons. The number of carbonyl (C=O) groups excluding carboxylic acids is 1. The lowest BCUT2D eigenvalue weighted by Crippen LogP contribution is -2.16. The van der Waals surface area contributed by atoms with Gasteiger partial charge in [-0.2, -0.15) is 0 Å². The summed E-state index contributed by atoms with van der Waals surface area (Å²) in [5.41, 5.74) is 5.71. The van der Waals surface area contributed by atoms with Crippen LogP contribution in [0.1, 0.15) is 6.42 Å². The van der Waals surface area contributed by atoms with Gasteiger partial charge in [0.2, 0.25) is 5.91 Å². The number of rotatable bonds is 4. The fourth-order valence-corrected chi connectivity index (χ4v) is 1.57. The molecule has 3 N–H and O–H groups in total. The molecule has 0 atom stereocenters. The molecule has 0 fully saturated rings. The van der Waals surface area contributed by atoms with Crippen molar-refractivity contribution in [2.75, 3.05) is 19.0 Å². The maximum Gasteiger partial charge on any atom is 0.225 e. The molecule has 0 heterocycles. The molecular formula is C10H12Cl2N2O2. The van der Waals surface area contributed by atoms with Crippen molar-refractivity contribution in [2.45, 2.75) is 6.42 Å². The van der Waals surface area contributed by atoms with Crippen LogP contribution in [0.3, 0.4) is 0 Å². The van der Waals surface area contributed by atoms with Crippen LogP contribution in [0.2, 0.25) is 10.0 Å². The number of hydrogen-bond acceptors (Lipinski definition) is 3. The van der Waals surface area contributed by atoms with Gasteiger partial charge in [-0.1, -0.05) is 23.2 Å². The largest absolute Gasteiger partial charge is 0.495 e. The lowest BCUT2D eigenvalue weighted by molar-refractivity contribution is -0.116. The quantitative estimate of drug-likeness (QED) is 0.875. The van der Waals surface area contributed by atoms with Crippen LogP contribution in [0, 0.1) is 0 Å². The van der Waals surface area contributed by atoms with Gasteiger partial charge >= 0.3 is 0 Å². The fraction of sp³-hybridized carbons (Fsp3) is 0.300. The van der Waals surface area contributed by atoms with Crippen LogP contribution in [-0.4, -0.2) is 19.6 Å². The fourth-order valence-electron chi connectivity index (χ4n) is 1.12. The Bertz CT molecular complexity index is 397. The highest BCUT2D eigenvalue weighted by molar-refractivity contribution is 6.36. The topological polar surface area (TPSA) is 64.3 Å². The van der Waals surface area contributed by atoms with Crippen molar-refractivity contribution in [1.82, 2.24) is 0 Å². The lowest BCUT2D eigenvalue weighted by Gasteiger charge is -2.09. The highest BCUT2D eigenvalue weighted by Gasteiger charge is 2.09. The van der Waals surface area contributed by atoms with Crippen molar-refractivity contribution < 1.29 is 9.53 Å². The monoisotopic (exact) mass is 262 g/mol. The van der Waals surface area contributed by atoms with E-state index in [4.69, 9.17) is 33.7 Å². The van der Waals surface area contributed by atoms with E-state index >= 15 is 0 Å². The second kappa shape index (κ2) is 5.94. The predicted molar refractivity (Wildman–Crippen MR) is 65.3 cm³/mol. The average molecular weight is 263 g/mol. The zero-order valence-corrected chi connectivity index (χ0v) is 10.2. The summed E-state index contributed by atoms with van der Waals surface area (Å²) in [7, 11) is 1.49. The number of ether oxygens (including phenoxy) is 1. The zero-order chi connectivity index (χ0) is 12.1. The molecule has 0 saturated heterocycles. The van der Waals surface area contributed by atoms with Crippen molar-refractivity contribution >= 4 is 34.8 Å². The second-order valence-electron chi connectivity index (χ2n) is 3.05. The van der Waals surface area contributed by atoms with E-state index in [2.05, 4.69) is 5.32 Å². The summed E-state index contributed by atoms with van der Waals surface area (Å²) in [4.78, 5) is 11.3. The molecule has 0 unspecified atom stereocenters. The van der Waals surface area contributed by atoms with Crippen molar-refractivity contribution in [3.8, 4) is 5.75 Å². The molecule has 0 saturated carbocycles. The van der Waals surface area contributed by atoms with Gasteiger partial charge in [-0.15, -0.1) is 0 Å². The molecular weight excluding hydrogens is 251 g/mol. The Balaban J connectivity index is 2.89. The lowest BCUT2D eigenvalue weighted by atomic mass is 10.3. The number of nitrogens with two attached hydrogens (primary N) is 1. The van der Waals surface area contributed by atoms with Crippen LogP contribution in [0.4, 0.5) is 5.69 Å². The summed E-state index contributed by atoms with van der Waals surface area (Å²) < 4.78 is 4.98. The van der Waals surface area contributed by atoms with Crippen molar-refractivity contribution in [2.24, 2.45) is 5.73 Å². The Kier molecular flexibility index (Phi) is 4.86.